The van der Waals surface area contributed by atoms with Crippen LogP contribution in [-0.4, -0.2) is 17.8 Å². The molecule has 0 saturated carbocycles. The molecule has 3 rings (SSSR count). The molecule has 1 aromatic rings. The van der Waals surface area contributed by atoms with E-state index in [2.05, 4.69) is 21.2 Å². The van der Waals surface area contributed by atoms with Crippen LogP contribution in [-0.2, 0) is 4.79 Å². The molecule has 0 spiro atoms. The van der Waals surface area contributed by atoms with E-state index in [-0.39, 0.29) is 16.0 Å². The molecule has 1 N–H and O–H groups in total. The molecule has 0 radical (unpaired) electrons. The van der Waals surface area contributed by atoms with Crippen molar-refractivity contribution in [1.82, 2.24) is 5.32 Å². The van der Waals surface area contributed by atoms with E-state index in [1.807, 2.05) is 18.2 Å². The van der Waals surface area contributed by atoms with Crippen LogP contribution in [0.1, 0.15) is 16.0 Å². The Labute approximate surface area is 116 Å². The highest BCUT2D eigenvalue weighted by Gasteiger charge is 2.26. The van der Waals surface area contributed by atoms with Crippen molar-refractivity contribution in [2.75, 3.05) is 6.61 Å². The van der Waals surface area contributed by atoms with Crippen molar-refractivity contribution in [2.45, 2.75) is 4.83 Å². The number of amides is 2. The lowest BCUT2D eigenvalue weighted by Crippen LogP contribution is -2.17. The van der Waals surface area contributed by atoms with E-state index in [1.165, 1.54) is 0 Å². The number of carbonyl (C=O) groups is 2. The lowest BCUT2D eigenvalue weighted by Gasteiger charge is -2.01. The van der Waals surface area contributed by atoms with Crippen molar-refractivity contribution in [2.24, 2.45) is 0 Å². The lowest BCUT2D eigenvalue weighted by atomic mass is 10.1. The molecule has 2 aliphatic rings. The second kappa shape index (κ2) is 4.44. The predicted octanol–water partition coefficient (Wildman–Crippen LogP) is 2.84. The summed E-state index contributed by atoms with van der Waals surface area (Å²) in [6, 6.07) is 5.71. The quantitative estimate of drug-likeness (QED) is 0.637. The van der Waals surface area contributed by atoms with Crippen LogP contribution in [0, 0.1) is 0 Å². The minimum Gasteiger partial charge on any atom is -0.492 e. The molecule has 0 aliphatic carbocycles. The third-order valence-corrected chi connectivity index (χ3v) is 4.26. The summed E-state index contributed by atoms with van der Waals surface area (Å²) in [5.74, 6) is 0.524. The fourth-order valence-corrected chi connectivity index (χ4v) is 3.03. The number of benzene rings is 1. The Bertz CT molecular complexity index is 585. The Morgan fingerprint density at radius 2 is 2.28 bits per heavy atom. The third-order valence-electron chi connectivity index (χ3n) is 2.70. The number of carbonyl (C=O) groups excluding carboxylic acids is 2. The molecular formula is C12H8BrNO3S. The number of rotatable bonds is 1. The molecule has 1 unspecified atom stereocenters. The van der Waals surface area contributed by atoms with Crippen LogP contribution in [0.15, 0.2) is 23.1 Å². The van der Waals surface area contributed by atoms with Gasteiger partial charge in [-0.05, 0) is 35.5 Å². The second-order valence-electron chi connectivity index (χ2n) is 3.93. The molecule has 2 heterocycles. The van der Waals surface area contributed by atoms with Gasteiger partial charge in [0.25, 0.3) is 11.1 Å². The molecule has 4 nitrogen and oxygen atoms in total. The van der Waals surface area contributed by atoms with E-state index >= 15 is 0 Å². The average Bonchev–Trinajstić information content (AvgIpc) is 2.84. The molecule has 1 aromatic carbocycles. The summed E-state index contributed by atoms with van der Waals surface area (Å²) in [4.78, 5) is 23.1. The van der Waals surface area contributed by atoms with Gasteiger partial charge in [0, 0.05) is 5.56 Å². The minimum absolute atomic E-state index is 0.178. The molecular weight excluding hydrogens is 318 g/mol. The number of alkyl halides is 1. The normalized spacial score (nSPS) is 24.1. The Hall–Kier alpha value is -1.27. The number of hydrogen-bond acceptors (Lipinski definition) is 4. The third kappa shape index (κ3) is 2.06. The fourth-order valence-electron chi connectivity index (χ4n) is 1.86. The summed E-state index contributed by atoms with van der Waals surface area (Å²) < 4.78 is 5.47. The van der Waals surface area contributed by atoms with Gasteiger partial charge in [0.05, 0.1) is 9.73 Å². The van der Waals surface area contributed by atoms with E-state index in [4.69, 9.17) is 4.74 Å². The number of ether oxygens (including phenoxy) is 1. The van der Waals surface area contributed by atoms with Crippen molar-refractivity contribution in [3.05, 3.63) is 34.2 Å². The van der Waals surface area contributed by atoms with Crippen LogP contribution in [0.2, 0.25) is 0 Å². The number of hydrogen-bond donors (Lipinski definition) is 1. The standard InChI is InChI=1S/C12H8BrNO3S/c13-8-5-17-9-2-1-6(3-7(8)9)4-10-11(15)14-12(16)18-10/h1-4,8H,5H2,(H,14,15,16)/b10-4-. The molecule has 92 valence electrons. The van der Waals surface area contributed by atoms with Crippen LogP contribution in [0.4, 0.5) is 4.79 Å². The van der Waals surface area contributed by atoms with Gasteiger partial charge in [-0.2, -0.15) is 0 Å². The molecule has 2 amide bonds. The van der Waals surface area contributed by atoms with Gasteiger partial charge in [-0.25, -0.2) is 0 Å². The molecule has 0 aromatic heterocycles. The summed E-state index contributed by atoms with van der Waals surface area (Å²) in [6.45, 7) is 0.614. The first kappa shape index (κ1) is 11.8. The van der Waals surface area contributed by atoms with E-state index in [9.17, 15) is 9.59 Å². The van der Waals surface area contributed by atoms with Crippen molar-refractivity contribution in [3.63, 3.8) is 0 Å². The Balaban J connectivity index is 1.95. The Morgan fingerprint density at radius 3 is 3.00 bits per heavy atom. The van der Waals surface area contributed by atoms with Gasteiger partial charge in [0.2, 0.25) is 0 Å². The van der Waals surface area contributed by atoms with Gasteiger partial charge in [-0.3, -0.25) is 14.9 Å². The first-order valence-electron chi connectivity index (χ1n) is 5.29. The molecule has 1 saturated heterocycles. The SMILES string of the molecule is O=C1NC(=O)/C(=C/c2ccc3c(c2)C(Br)CO3)S1. The number of thioether (sulfide) groups is 1. The smallest absolute Gasteiger partial charge is 0.290 e. The second-order valence-corrected chi connectivity index (χ2v) is 6.05. The maximum atomic E-state index is 11.4. The van der Waals surface area contributed by atoms with Crippen LogP contribution in [0.3, 0.4) is 0 Å². The summed E-state index contributed by atoms with van der Waals surface area (Å²) in [5.41, 5.74) is 1.95. The number of nitrogens with one attached hydrogen (secondary N) is 1. The number of halogens is 1. The predicted molar refractivity (Wildman–Crippen MR) is 72.7 cm³/mol. The maximum absolute atomic E-state index is 11.4. The topological polar surface area (TPSA) is 55.4 Å². The largest absolute Gasteiger partial charge is 0.492 e. The summed E-state index contributed by atoms with van der Waals surface area (Å²) in [6.07, 6.45) is 1.71. The maximum Gasteiger partial charge on any atom is 0.290 e. The molecule has 0 bridgehead atoms. The monoisotopic (exact) mass is 325 g/mol. The van der Waals surface area contributed by atoms with E-state index in [0.29, 0.717) is 11.5 Å². The summed E-state index contributed by atoms with van der Waals surface area (Å²) in [7, 11) is 0. The molecule has 2 aliphatic heterocycles. The van der Waals surface area contributed by atoms with Crippen LogP contribution < -0.4 is 10.1 Å². The lowest BCUT2D eigenvalue weighted by molar-refractivity contribution is -0.115. The van der Waals surface area contributed by atoms with Crippen molar-refractivity contribution >= 4 is 44.9 Å². The first-order valence-corrected chi connectivity index (χ1v) is 7.02. The highest BCUT2D eigenvalue weighted by Crippen LogP contribution is 2.38. The zero-order valence-electron chi connectivity index (χ0n) is 9.10. The number of imide groups is 1. The van der Waals surface area contributed by atoms with Gasteiger partial charge in [-0.15, -0.1) is 0 Å². The van der Waals surface area contributed by atoms with Crippen LogP contribution in [0.25, 0.3) is 6.08 Å². The highest BCUT2D eigenvalue weighted by molar-refractivity contribution is 9.09. The molecule has 18 heavy (non-hydrogen) atoms. The van der Waals surface area contributed by atoms with Crippen molar-refractivity contribution in [1.29, 1.82) is 0 Å². The van der Waals surface area contributed by atoms with Gasteiger partial charge in [-0.1, -0.05) is 22.0 Å². The van der Waals surface area contributed by atoms with Crippen molar-refractivity contribution < 1.29 is 14.3 Å². The van der Waals surface area contributed by atoms with Crippen LogP contribution >= 0.6 is 27.7 Å². The van der Waals surface area contributed by atoms with Crippen LogP contribution in [0.5, 0.6) is 5.75 Å². The van der Waals surface area contributed by atoms with Gasteiger partial charge in [0.15, 0.2) is 0 Å². The van der Waals surface area contributed by atoms with Gasteiger partial charge in [0.1, 0.15) is 12.4 Å². The molecule has 6 heteroatoms. The average molecular weight is 326 g/mol. The van der Waals surface area contributed by atoms with E-state index in [0.717, 1.165) is 28.6 Å². The van der Waals surface area contributed by atoms with Crippen molar-refractivity contribution in [3.8, 4) is 5.75 Å². The van der Waals surface area contributed by atoms with Gasteiger partial charge >= 0.3 is 0 Å². The molecule has 1 atom stereocenters. The van der Waals surface area contributed by atoms with Gasteiger partial charge < -0.3 is 4.74 Å². The highest BCUT2D eigenvalue weighted by atomic mass is 79.9. The zero-order chi connectivity index (χ0) is 12.7. The summed E-state index contributed by atoms with van der Waals surface area (Å²) >= 11 is 4.44. The fraction of sp³-hybridized carbons (Fsp3) is 0.167. The van der Waals surface area contributed by atoms with E-state index < -0.39 is 0 Å². The zero-order valence-corrected chi connectivity index (χ0v) is 11.5. The minimum atomic E-state index is -0.336. The number of fused-ring (bicyclic) bond motifs is 1. The first-order chi connectivity index (χ1) is 8.63. The molecule has 1 fully saturated rings. The summed E-state index contributed by atoms with van der Waals surface area (Å²) in [5, 5.41) is 1.91. The van der Waals surface area contributed by atoms with E-state index in [1.54, 1.807) is 6.08 Å². The Morgan fingerprint density at radius 1 is 1.44 bits per heavy atom. The Kier molecular flexibility index (Phi) is 2.91.